The average Bonchev–Trinajstić information content (AvgIpc) is 3.58. The second kappa shape index (κ2) is 10.3. The molecule has 2 aromatic heterocycles. The minimum atomic E-state index is -4.15. The Bertz CT molecular complexity index is 1190. The number of aromatic nitrogens is 4. The average molecular weight is 512 g/mol. The molecule has 4 rings (SSSR count). The summed E-state index contributed by atoms with van der Waals surface area (Å²) in [6.07, 6.45) is 0.726. The minimum Gasteiger partial charge on any atom is -0.387 e. The van der Waals surface area contributed by atoms with Gasteiger partial charge in [-0.3, -0.25) is 18.5 Å². The number of hydrogen-bond acceptors (Lipinski definition) is 10. The number of likely N-dealkylation sites (tertiary alicyclic amines) is 1. The van der Waals surface area contributed by atoms with E-state index in [4.69, 9.17) is 4.18 Å². The smallest absolute Gasteiger partial charge is 0.335 e. The van der Waals surface area contributed by atoms with E-state index in [0.717, 1.165) is 26.2 Å². The van der Waals surface area contributed by atoms with Crippen molar-refractivity contribution in [2.75, 3.05) is 25.5 Å². The molecule has 2 aromatic rings. The van der Waals surface area contributed by atoms with E-state index in [1.54, 1.807) is 4.90 Å². The standard InChI is InChI=1S/C20H26FN7O6S/c1-22-35(32,33)34-15-8-14(17(21)19(15)31)25-20-12(9-23-11-24-20)18(30)13-4-7-28(26-13)10-16(29)27-5-2-3-6-27/h4,7,9,11,14-15,17,19,22,31H,2-3,5-6,8,10H2,1H3,(H,23,24,25)/t14-,15-,17-,19-/m1/s1. The zero-order chi connectivity index (χ0) is 25.2. The third-order valence-electron chi connectivity index (χ3n) is 5.99. The van der Waals surface area contributed by atoms with Crippen molar-refractivity contribution in [2.24, 2.45) is 0 Å². The maximum atomic E-state index is 14.7. The lowest BCUT2D eigenvalue weighted by Crippen LogP contribution is -2.35. The number of nitrogens with zero attached hydrogens (tertiary/aromatic N) is 5. The highest BCUT2D eigenvalue weighted by Crippen LogP contribution is 2.30. The molecule has 3 heterocycles. The monoisotopic (exact) mass is 511 g/mol. The molecule has 3 N–H and O–H groups in total. The summed E-state index contributed by atoms with van der Waals surface area (Å²) in [5.74, 6) is -0.648. The number of hydrogen-bond donors (Lipinski definition) is 3. The Labute approximate surface area is 200 Å². The summed E-state index contributed by atoms with van der Waals surface area (Å²) >= 11 is 0. The normalized spacial score (nSPS) is 24.6. The number of carbonyl (C=O) groups is 2. The Morgan fingerprint density at radius 3 is 2.77 bits per heavy atom. The van der Waals surface area contributed by atoms with E-state index in [1.165, 1.54) is 23.1 Å². The lowest BCUT2D eigenvalue weighted by molar-refractivity contribution is -0.130. The van der Waals surface area contributed by atoms with Crippen molar-refractivity contribution in [3.05, 3.63) is 36.0 Å². The third kappa shape index (κ3) is 5.63. The Kier molecular flexibility index (Phi) is 7.39. The van der Waals surface area contributed by atoms with Gasteiger partial charge in [0.05, 0.1) is 11.6 Å². The first-order chi connectivity index (χ1) is 16.7. The van der Waals surface area contributed by atoms with E-state index < -0.39 is 40.5 Å². The number of anilines is 1. The molecule has 1 aliphatic heterocycles. The predicted molar refractivity (Wildman–Crippen MR) is 119 cm³/mol. The van der Waals surface area contributed by atoms with Gasteiger partial charge in [-0.15, -0.1) is 0 Å². The van der Waals surface area contributed by atoms with Gasteiger partial charge in [0, 0.05) is 39.0 Å². The van der Waals surface area contributed by atoms with E-state index in [0.29, 0.717) is 13.1 Å². The van der Waals surface area contributed by atoms with Crippen LogP contribution in [0.5, 0.6) is 0 Å². The molecule has 1 aliphatic carbocycles. The van der Waals surface area contributed by atoms with Gasteiger partial charge in [0.15, 0.2) is 0 Å². The van der Waals surface area contributed by atoms with Crippen LogP contribution in [0.4, 0.5) is 10.2 Å². The van der Waals surface area contributed by atoms with Crippen LogP contribution in [0.25, 0.3) is 0 Å². The molecule has 1 amide bonds. The van der Waals surface area contributed by atoms with Crippen LogP contribution >= 0.6 is 0 Å². The largest absolute Gasteiger partial charge is 0.387 e. The van der Waals surface area contributed by atoms with Crippen molar-refractivity contribution in [1.29, 1.82) is 0 Å². The van der Waals surface area contributed by atoms with Gasteiger partial charge in [0.2, 0.25) is 11.7 Å². The maximum Gasteiger partial charge on any atom is 0.335 e. The molecule has 0 spiro atoms. The number of aliphatic hydroxyl groups is 1. The quantitative estimate of drug-likeness (QED) is 0.365. The molecule has 0 bridgehead atoms. The second-order valence-corrected chi connectivity index (χ2v) is 9.82. The number of amides is 1. The molecule has 1 saturated heterocycles. The maximum absolute atomic E-state index is 14.7. The van der Waals surface area contributed by atoms with Crippen LogP contribution in [-0.4, -0.2) is 94.4 Å². The lowest BCUT2D eigenvalue weighted by atomic mass is 10.1. The zero-order valence-electron chi connectivity index (χ0n) is 18.9. The molecule has 1 saturated carbocycles. The van der Waals surface area contributed by atoms with Crippen molar-refractivity contribution in [3.63, 3.8) is 0 Å². The van der Waals surface area contributed by atoms with E-state index in [1.807, 2.05) is 4.72 Å². The Morgan fingerprint density at radius 1 is 1.31 bits per heavy atom. The molecular weight excluding hydrogens is 485 g/mol. The second-order valence-electron chi connectivity index (χ2n) is 8.32. The first kappa shape index (κ1) is 25.1. The van der Waals surface area contributed by atoms with Crippen LogP contribution in [0.3, 0.4) is 0 Å². The van der Waals surface area contributed by atoms with Gasteiger partial charge in [-0.05, 0) is 18.9 Å². The highest BCUT2D eigenvalue weighted by atomic mass is 32.2. The number of rotatable bonds is 9. The van der Waals surface area contributed by atoms with Crippen molar-refractivity contribution in [2.45, 2.75) is 50.2 Å². The van der Waals surface area contributed by atoms with Gasteiger partial charge < -0.3 is 15.3 Å². The Balaban J connectivity index is 1.46. The summed E-state index contributed by atoms with van der Waals surface area (Å²) in [4.78, 5) is 35.1. The molecule has 15 heteroatoms. The first-order valence-corrected chi connectivity index (χ1v) is 12.5. The molecule has 0 radical (unpaired) electrons. The minimum absolute atomic E-state index is 0.00229. The third-order valence-corrected chi connectivity index (χ3v) is 6.99. The van der Waals surface area contributed by atoms with Gasteiger partial charge in [0.1, 0.15) is 42.8 Å². The van der Waals surface area contributed by atoms with Crippen LogP contribution in [0, 0.1) is 0 Å². The van der Waals surface area contributed by atoms with Gasteiger partial charge in [-0.1, -0.05) is 0 Å². The van der Waals surface area contributed by atoms with E-state index in [-0.39, 0.29) is 35.9 Å². The van der Waals surface area contributed by atoms with E-state index in [9.17, 15) is 27.5 Å². The summed E-state index contributed by atoms with van der Waals surface area (Å²) in [6, 6.07) is 0.374. The van der Waals surface area contributed by atoms with Crippen molar-refractivity contribution >= 4 is 27.8 Å². The number of alkyl halides is 1. The molecule has 2 fully saturated rings. The fraction of sp³-hybridized carbons (Fsp3) is 0.550. The van der Waals surface area contributed by atoms with Crippen molar-refractivity contribution in [3.8, 4) is 0 Å². The van der Waals surface area contributed by atoms with E-state index >= 15 is 0 Å². The predicted octanol–water partition coefficient (Wildman–Crippen LogP) is -0.741. The zero-order valence-corrected chi connectivity index (χ0v) is 19.7. The van der Waals surface area contributed by atoms with Crippen LogP contribution in [0.15, 0.2) is 24.8 Å². The van der Waals surface area contributed by atoms with Crippen LogP contribution in [0.1, 0.15) is 35.3 Å². The van der Waals surface area contributed by atoms with Crippen molar-refractivity contribution < 1.29 is 31.7 Å². The number of aliphatic hydroxyl groups excluding tert-OH is 1. The van der Waals surface area contributed by atoms with Crippen LogP contribution in [0.2, 0.25) is 0 Å². The van der Waals surface area contributed by atoms with Crippen LogP contribution in [-0.2, 0) is 25.8 Å². The summed E-state index contributed by atoms with van der Waals surface area (Å²) in [5, 5.41) is 17.0. The lowest BCUT2D eigenvalue weighted by Gasteiger charge is -2.17. The van der Waals surface area contributed by atoms with Gasteiger partial charge >= 0.3 is 10.3 Å². The summed E-state index contributed by atoms with van der Waals surface area (Å²) in [5.41, 5.74) is 0.0409. The fourth-order valence-corrected chi connectivity index (χ4v) is 4.72. The molecule has 190 valence electrons. The first-order valence-electron chi connectivity index (χ1n) is 11.0. The molecule has 13 nitrogen and oxygen atoms in total. The number of nitrogens with one attached hydrogen (secondary N) is 2. The number of ketones is 1. The molecule has 0 unspecified atom stereocenters. The van der Waals surface area contributed by atoms with Gasteiger partial charge in [-0.2, -0.15) is 18.2 Å². The topological polar surface area (TPSA) is 169 Å². The molecule has 35 heavy (non-hydrogen) atoms. The summed E-state index contributed by atoms with van der Waals surface area (Å²) in [7, 11) is -3.02. The molecular formula is C20H26FN7O6S. The highest BCUT2D eigenvalue weighted by molar-refractivity contribution is 7.84. The SMILES string of the molecule is CNS(=O)(=O)O[C@@H]1C[C@@H](Nc2ncncc2C(=O)c2ccn(CC(=O)N3CCCC3)n2)[C@@H](F)[C@@H]1O. The number of carbonyl (C=O) groups excluding carboxylic acids is 2. The van der Waals surface area contributed by atoms with Crippen molar-refractivity contribution in [1.82, 2.24) is 29.4 Å². The van der Waals surface area contributed by atoms with Gasteiger partial charge in [-0.25, -0.2) is 14.4 Å². The fourth-order valence-electron chi connectivity index (χ4n) is 4.11. The summed E-state index contributed by atoms with van der Waals surface area (Å²) in [6.45, 7) is 1.42. The Hall–Kier alpha value is -3.01. The molecule has 4 atom stereocenters. The van der Waals surface area contributed by atoms with E-state index in [2.05, 4.69) is 20.4 Å². The Morgan fingerprint density at radius 2 is 2.06 bits per heavy atom. The van der Waals surface area contributed by atoms with Crippen LogP contribution < -0.4 is 10.0 Å². The number of halogens is 1. The highest BCUT2D eigenvalue weighted by Gasteiger charge is 2.46. The molecule has 2 aliphatic rings. The van der Waals surface area contributed by atoms with Gasteiger partial charge in [0.25, 0.3) is 0 Å². The summed E-state index contributed by atoms with van der Waals surface area (Å²) < 4.78 is 46.1. The molecule has 0 aromatic carbocycles.